The van der Waals surface area contributed by atoms with Gasteiger partial charge in [-0.2, -0.15) is 0 Å². The molecule has 0 bridgehead atoms. The largest absolute Gasteiger partial charge is 0.472 e. The molecule has 1 unspecified atom stereocenters. The van der Waals surface area contributed by atoms with Gasteiger partial charge in [0.1, 0.15) is 11.9 Å². The molecule has 1 aliphatic heterocycles. The summed E-state index contributed by atoms with van der Waals surface area (Å²) in [5.74, 6) is 0.517. The van der Waals surface area contributed by atoms with Crippen LogP contribution in [0.5, 0.6) is 5.88 Å². The quantitative estimate of drug-likeness (QED) is 0.559. The fourth-order valence-electron chi connectivity index (χ4n) is 1.42. The molecular weight excluding hydrogens is 194 g/mol. The molecule has 2 rings (SSSR count). The van der Waals surface area contributed by atoms with Crippen molar-refractivity contribution in [3.8, 4) is 5.88 Å². The van der Waals surface area contributed by atoms with Gasteiger partial charge in [0.15, 0.2) is 0 Å². The van der Waals surface area contributed by atoms with Crippen molar-refractivity contribution in [1.29, 1.82) is 5.41 Å². The standard InChI is InChI=1S/C10H13N3O2/c11-10(12)7-1-3-13-9(5-7)15-8-2-4-14-6-8/h1,3,5,8H,2,4,6H2,(H3,11,12). The Morgan fingerprint density at radius 3 is 3.20 bits per heavy atom. The maximum Gasteiger partial charge on any atom is 0.214 e. The summed E-state index contributed by atoms with van der Waals surface area (Å²) in [7, 11) is 0. The first kappa shape index (κ1) is 9.92. The van der Waals surface area contributed by atoms with E-state index in [1.165, 1.54) is 0 Å². The average molecular weight is 207 g/mol. The number of aromatic nitrogens is 1. The van der Waals surface area contributed by atoms with Crippen LogP contribution in [0.1, 0.15) is 12.0 Å². The summed E-state index contributed by atoms with van der Waals surface area (Å²) in [6.45, 7) is 1.34. The molecule has 0 aromatic carbocycles. The Balaban J connectivity index is 2.07. The van der Waals surface area contributed by atoms with E-state index in [-0.39, 0.29) is 11.9 Å². The van der Waals surface area contributed by atoms with Crippen LogP contribution in [0.4, 0.5) is 0 Å². The lowest BCUT2D eigenvalue weighted by Gasteiger charge is -2.10. The van der Waals surface area contributed by atoms with Crippen molar-refractivity contribution in [3.63, 3.8) is 0 Å². The normalized spacial score (nSPS) is 20.1. The van der Waals surface area contributed by atoms with Crippen LogP contribution in [0.15, 0.2) is 18.3 Å². The molecule has 0 saturated carbocycles. The summed E-state index contributed by atoms with van der Waals surface area (Å²) in [5, 5.41) is 7.29. The summed E-state index contributed by atoms with van der Waals surface area (Å²) in [5.41, 5.74) is 5.99. The first-order valence-corrected chi connectivity index (χ1v) is 4.80. The van der Waals surface area contributed by atoms with Gasteiger partial charge in [-0.1, -0.05) is 0 Å². The number of nitrogens with one attached hydrogen (secondary N) is 1. The first-order chi connectivity index (χ1) is 7.25. The van der Waals surface area contributed by atoms with Crippen molar-refractivity contribution in [1.82, 2.24) is 4.98 Å². The molecule has 5 nitrogen and oxygen atoms in total. The maximum atomic E-state index is 7.29. The third kappa shape index (κ3) is 2.44. The van der Waals surface area contributed by atoms with Crippen LogP contribution in [-0.2, 0) is 4.74 Å². The van der Waals surface area contributed by atoms with Crippen molar-refractivity contribution in [2.24, 2.45) is 5.73 Å². The van der Waals surface area contributed by atoms with Crippen LogP contribution in [-0.4, -0.2) is 30.1 Å². The Kier molecular flexibility index (Phi) is 2.82. The molecule has 5 heteroatoms. The smallest absolute Gasteiger partial charge is 0.214 e. The van der Waals surface area contributed by atoms with Gasteiger partial charge in [0.05, 0.1) is 13.2 Å². The SMILES string of the molecule is N=C(N)c1ccnc(OC2CCOC2)c1. The predicted octanol–water partition coefficient (Wildman–Crippen LogP) is 0.533. The van der Waals surface area contributed by atoms with Gasteiger partial charge in [0, 0.05) is 24.2 Å². The second-order valence-electron chi connectivity index (χ2n) is 3.40. The van der Waals surface area contributed by atoms with Crippen LogP contribution >= 0.6 is 0 Å². The zero-order valence-electron chi connectivity index (χ0n) is 8.27. The minimum absolute atomic E-state index is 0.0184. The number of rotatable bonds is 3. The number of pyridine rings is 1. The molecule has 3 N–H and O–H groups in total. The van der Waals surface area contributed by atoms with Crippen molar-refractivity contribution in [2.45, 2.75) is 12.5 Å². The topological polar surface area (TPSA) is 81.2 Å². The van der Waals surface area contributed by atoms with Crippen LogP contribution in [0.3, 0.4) is 0 Å². The van der Waals surface area contributed by atoms with Crippen molar-refractivity contribution in [2.75, 3.05) is 13.2 Å². The highest BCUT2D eigenvalue weighted by Crippen LogP contribution is 2.15. The molecule has 0 aliphatic carbocycles. The number of hydrogen-bond donors (Lipinski definition) is 2. The van der Waals surface area contributed by atoms with Gasteiger partial charge >= 0.3 is 0 Å². The van der Waals surface area contributed by atoms with Gasteiger partial charge in [-0.25, -0.2) is 4.98 Å². The minimum atomic E-state index is 0.0184. The predicted molar refractivity (Wildman–Crippen MR) is 55.1 cm³/mol. The summed E-state index contributed by atoms with van der Waals surface area (Å²) in [4.78, 5) is 4.06. The van der Waals surface area contributed by atoms with Gasteiger partial charge in [0.25, 0.3) is 0 Å². The minimum Gasteiger partial charge on any atom is -0.472 e. The Labute approximate surface area is 87.7 Å². The Hall–Kier alpha value is -1.62. The highest BCUT2D eigenvalue weighted by Gasteiger charge is 2.17. The molecule has 15 heavy (non-hydrogen) atoms. The van der Waals surface area contributed by atoms with Crippen molar-refractivity contribution < 1.29 is 9.47 Å². The molecule has 1 aromatic heterocycles. The Morgan fingerprint density at radius 1 is 1.67 bits per heavy atom. The second kappa shape index (κ2) is 4.27. The van der Waals surface area contributed by atoms with Gasteiger partial charge in [0.2, 0.25) is 5.88 Å². The van der Waals surface area contributed by atoms with Crippen LogP contribution < -0.4 is 10.5 Å². The van der Waals surface area contributed by atoms with Crippen LogP contribution in [0.2, 0.25) is 0 Å². The fraction of sp³-hybridized carbons (Fsp3) is 0.400. The summed E-state index contributed by atoms with van der Waals surface area (Å²) in [6.07, 6.45) is 2.54. The van der Waals surface area contributed by atoms with E-state index in [0.717, 1.165) is 13.0 Å². The molecule has 1 aromatic rings. The number of ether oxygens (including phenoxy) is 2. The van der Waals surface area contributed by atoms with E-state index in [1.54, 1.807) is 18.3 Å². The van der Waals surface area contributed by atoms with Crippen LogP contribution in [0.25, 0.3) is 0 Å². The number of nitrogens with two attached hydrogens (primary N) is 1. The van der Waals surface area contributed by atoms with Gasteiger partial charge < -0.3 is 15.2 Å². The molecule has 0 spiro atoms. The lowest BCUT2D eigenvalue weighted by Crippen LogP contribution is -2.17. The molecule has 0 amide bonds. The Bertz CT molecular complexity index is 361. The molecule has 2 heterocycles. The Morgan fingerprint density at radius 2 is 2.53 bits per heavy atom. The third-order valence-electron chi connectivity index (χ3n) is 2.22. The highest BCUT2D eigenvalue weighted by atomic mass is 16.5. The highest BCUT2D eigenvalue weighted by molar-refractivity contribution is 5.95. The molecule has 1 saturated heterocycles. The van der Waals surface area contributed by atoms with E-state index in [1.807, 2.05) is 0 Å². The average Bonchev–Trinajstić information content (AvgIpc) is 2.71. The van der Waals surface area contributed by atoms with E-state index >= 15 is 0 Å². The summed E-state index contributed by atoms with van der Waals surface area (Å²) in [6, 6.07) is 3.35. The van der Waals surface area contributed by atoms with E-state index in [4.69, 9.17) is 20.6 Å². The summed E-state index contributed by atoms with van der Waals surface area (Å²) >= 11 is 0. The van der Waals surface area contributed by atoms with Gasteiger partial charge in [-0.15, -0.1) is 0 Å². The number of nitrogen functional groups attached to an aromatic ring is 1. The first-order valence-electron chi connectivity index (χ1n) is 4.80. The monoisotopic (exact) mass is 207 g/mol. The maximum absolute atomic E-state index is 7.29. The fourth-order valence-corrected chi connectivity index (χ4v) is 1.42. The molecular formula is C10H13N3O2. The van der Waals surface area contributed by atoms with E-state index < -0.39 is 0 Å². The van der Waals surface area contributed by atoms with Gasteiger partial charge in [-0.05, 0) is 6.07 Å². The van der Waals surface area contributed by atoms with Crippen molar-refractivity contribution >= 4 is 5.84 Å². The molecule has 1 aliphatic rings. The zero-order valence-corrected chi connectivity index (χ0v) is 8.27. The molecule has 1 fully saturated rings. The number of nitrogens with zero attached hydrogens (tertiary/aromatic N) is 1. The van der Waals surface area contributed by atoms with Gasteiger partial charge in [-0.3, -0.25) is 5.41 Å². The molecule has 0 radical (unpaired) electrons. The van der Waals surface area contributed by atoms with E-state index in [9.17, 15) is 0 Å². The van der Waals surface area contributed by atoms with E-state index in [0.29, 0.717) is 18.1 Å². The third-order valence-corrected chi connectivity index (χ3v) is 2.22. The number of amidine groups is 1. The zero-order chi connectivity index (χ0) is 10.7. The lowest BCUT2D eigenvalue weighted by atomic mass is 10.2. The molecule has 80 valence electrons. The van der Waals surface area contributed by atoms with Crippen LogP contribution in [0, 0.1) is 5.41 Å². The lowest BCUT2D eigenvalue weighted by molar-refractivity contribution is 0.138. The molecule has 1 atom stereocenters. The van der Waals surface area contributed by atoms with Crippen molar-refractivity contribution in [3.05, 3.63) is 23.9 Å². The second-order valence-corrected chi connectivity index (χ2v) is 3.40. The summed E-state index contributed by atoms with van der Waals surface area (Å²) < 4.78 is 10.8. The number of hydrogen-bond acceptors (Lipinski definition) is 4. The van der Waals surface area contributed by atoms with E-state index in [2.05, 4.69) is 4.98 Å².